The van der Waals surface area contributed by atoms with Crippen LogP contribution >= 0.6 is 0 Å². The number of carbonyl (C=O) groups is 2. The molecule has 8 nitrogen and oxygen atoms in total. The van der Waals surface area contributed by atoms with Crippen molar-refractivity contribution in [3.63, 3.8) is 0 Å². The number of nitrogens with one attached hydrogen (secondary N) is 1. The van der Waals surface area contributed by atoms with Crippen molar-refractivity contribution in [2.24, 2.45) is 11.8 Å². The Morgan fingerprint density at radius 2 is 1.83 bits per heavy atom. The third-order valence-corrected chi connectivity index (χ3v) is 6.44. The second-order valence-corrected chi connectivity index (χ2v) is 11.2. The number of hydrogen-bond donors (Lipinski definition) is 1. The fourth-order valence-corrected chi connectivity index (χ4v) is 4.47. The summed E-state index contributed by atoms with van der Waals surface area (Å²) in [4.78, 5) is 23.6. The van der Waals surface area contributed by atoms with Gasteiger partial charge in [-0.05, 0) is 33.8 Å². The first-order valence-electron chi connectivity index (χ1n) is 13.0. The van der Waals surface area contributed by atoms with Crippen LogP contribution in [0.2, 0.25) is 0 Å². The first-order chi connectivity index (χ1) is 17.0. The molecule has 0 aromatic rings. The number of esters is 1. The van der Waals surface area contributed by atoms with Gasteiger partial charge in [-0.15, -0.1) is 0 Å². The van der Waals surface area contributed by atoms with Crippen LogP contribution in [0.3, 0.4) is 0 Å². The van der Waals surface area contributed by atoms with Gasteiger partial charge in [0.25, 0.3) is 0 Å². The largest absolute Gasteiger partial charge is 0.458 e. The van der Waals surface area contributed by atoms with Gasteiger partial charge in [0.1, 0.15) is 6.10 Å². The number of hydrogen-bond acceptors (Lipinski definition) is 7. The summed E-state index contributed by atoms with van der Waals surface area (Å²) in [7, 11) is 0. The molecule has 3 saturated heterocycles. The van der Waals surface area contributed by atoms with E-state index in [-0.39, 0.29) is 47.3 Å². The highest BCUT2D eigenvalue weighted by atomic mass is 16.7. The van der Waals surface area contributed by atoms with E-state index in [1.807, 2.05) is 0 Å². The average molecular weight is 506 g/mol. The lowest BCUT2D eigenvalue weighted by atomic mass is 9.85. The van der Waals surface area contributed by atoms with Gasteiger partial charge in [0, 0.05) is 37.8 Å². The van der Waals surface area contributed by atoms with Gasteiger partial charge < -0.3 is 29.0 Å². The van der Waals surface area contributed by atoms with E-state index in [2.05, 4.69) is 44.3 Å². The van der Waals surface area contributed by atoms with Crippen LogP contribution in [0, 0.1) is 11.8 Å². The van der Waals surface area contributed by atoms with Crippen molar-refractivity contribution in [1.82, 2.24) is 5.32 Å². The van der Waals surface area contributed by atoms with Crippen LogP contribution in [0.15, 0.2) is 36.0 Å². The lowest BCUT2D eigenvalue weighted by molar-refractivity contribution is -0.197. The molecular weight excluding hydrogens is 462 g/mol. The molecule has 0 radical (unpaired) electrons. The minimum absolute atomic E-state index is 0.0190. The Hall–Kier alpha value is -2.00. The molecule has 0 unspecified atom stereocenters. The van der Waals surface area contributed by atoms with Crippen molar-refractivity contribution in [2.75, 3.05) is 26.4 Å². The standard InChI is InChI=1S/C28H43NO7/c1-19(2)26(31)35-21(4)9-11-24(30)29-14-22-15-32-25(33-16-22)12-8-20(3)7-10-23-13-28(18-34-28)17-27(5,6)36-23/h7-11,19,21-23,25H,12-18H2,1-6H3,(H,29,30)/b10-7+,11-9-,20-8+/t21-,22?,23+,25?,28+/m0/s1. The molecule has 0 saturated carbocycles. The van der Waals surface area contributed by atoms with Gasteiger partial charge in [-0.3, -0.25) is 9.59 Å². The van der Waals surface area contributed by atoms with Crippen molar-refractivity contribution in [1.29, 1.82) is 0 Å². The van der Waals surface area contributed by atoms with Crippen LogP contribution in [0.5, 0.6) is 0 Å². The first-order valence-corrected chi connectivity index (χ1v) is 13.0. The molecule has 3 aliphatic rings. The van der Waals surface area contributed by atoms with Gasteiger partial charge in [-0.25, -0.2) is 0 Å². The van der Waals surface area contributed by atoms with Gasteiger partial charge in [-0.2, -0.15) is 0 Å². The minimum Gasteiger partial charge on any atom is -0.458 e. The third kappa shape index (κ3) is 9.47. The second kappa shape index (κ2) is 12.5. The topological polar surface area (TPSA) is 95.6 Å². The maximum absolute atomic E-state index is 12.1. The van der Waals surface area contributed by atoms with Crippen molar-refractivity contribution in [2.45, 2.75) is 90.5 Å². The average Bonchev–Trinajstić information content (AvgIpc) is 3.55. The fraction of sp³-hybridized carbons (Fsp3) is 0.714. The van der Waals surface area contributed by atoms with Gasteiger partial charge in [0.2, 0.25) is 5.91 Å². The van der Waals surface area contributed by atoms with Gasteiger partial charge in [0.05, 0.1) is 43.0 Å². The maximum atomic E-state index is 12.1. The summed E-state index contributed by atoms with van der Waals surface area (Å²) in [6, 6.07) is 0. The molecule has 0 aliphatic carbocycles. The minimum atomic E-state index is -0.454. The summed E-state index contributed by atoms with van der Waals surface area (Å²) in [6.45, 7) is 13.9. The molecule has 8 heteroatoms. The van der Waals surface area contributed by atoms with E-state index >= 15 is 0 Å². The molecule has 3 atom stereocenters. The van der Waals surface area contributed by atoms with E-state index in [4.69, 9.17) is 23.7 Å². The number of ether oxygens (including phenoxy) is 5. The molecule has 1 N–H and O–H groups in total. The highest BCUT2D eigenvalue weighted by Gasteiger charge is 2.53. The lowest BCUT2D eigenvalue weighted by Gasteiger charge is -2.38. The zero-order valence-electron chi connectivity index (χ0n) is 22.6. The predicted octanol–water partition coefficient (Wildman–Crippen LogP) is 3.85. The zero-order valence-corrected chi connectivity index (χ0v) is 22.6. The summed E-state index contributed by atoms with van der Waals surface area (Å²) in [5, 5.41) is 2.84. The molecule has 36 heavy (non-hydrogen) atoms. The maximum Gasteiger partial charge on any atom is 0.308 e. The summed E-state index contributed by atoms with van der Waals surface area (Å²) in [5.74, 6) is -0.638. The van der Waals surface area contributed by atoms with Crippen LogP contribution in [-0.2, 0) is 33.3 Å². The van der Waals surface area contributed by atoms with Crippen LogP contribution in [0.25, 0.3) is 0 Å². The number of carbonyl (C=O) groups excluding carboxylic acids is 2. The Morgan fingerprint density at radius 1 is 1.14 bits per heavy atom. The van der Waals surface area contributed by atoms with Crippen LogP contribution in [-0.4, -0.2) is 67.9 Å². The molecule has 3 heterocycles. The predicted molar refractivity (Wildman–Crippen MR) is 136 cm³/mol. The Balaban J connectivity index is 1.32. The van der Waals surface area contributed by atoms with Crippen molar-refractivity contribution in [3.05, 3.63) is 36.0 Å². The summed E-state index contributed by atoms with van der Waals surface area (Å²) in [6.07, 6.45) is 11.1. The molecule has 3 rings (SSSR count). The number of amides is 1. The van der Waals surface area contributed by atoms with E-state index < -0.39 is 6.10 Å². The summed E-state index contributed by atoms with van der Waals surface area (Å²) >= 11 is 0. The van der Waals surface area contributed by atoms with E-state index in [0.29, 0.717) is 26.2 Å². The van der Waals surface area contributed by atoms with Crippen LogP contribution in [0.1, 0.15) is 60.8 Å². The zero-order chi connectivity index (χ0) is 26.3. The highest BCUT2D eigenvalue weighted by molar-refractivity contribution is 5.87. The first kappa shape index (κ1) is 28.6. The normalized spacial score (nSPS) is 31.2. The van der Waals surface area contributed by atoms with Crippen LogP contribution < -0.4 is 5.32 Å². The molecule has 0 aromatic heterocycles. The van der Waals surface area contributed by atoms with Crippen molar-refractivity contribution >= 4 is 11.9 Å². The van der Waals surface area contributed by atoms with Crippen molar-refractivity contribution in [3.8, 4) is 0 Å². The molecular formula is C28H43NO7. The van der Waals surface area contributed by atoms with Gasteiger partial charge in [-0.1, -0.05) is 37.6 Å². The third-order valence-electron chi connectivity index (χ3n) is 6.44. The van der Waals surface area contributed by atoms with Crippen molar-refractivity contribution < 1.29 is 33.3 Å². The van der Waals surface area contributed by atoms with E-state index in [9.17, 15) is 9.59 Å². The molecule has 1 amide bonds. The van der Waals surface area contributed by atoms with E-state index in [0.717, 1.165) is 25.0 Å². The summed E-state index contributed by atoms with van der Waals surface area (Å²) < 4.78 is 28.8. The second-order valence-electron chi connectivity index (χ2n) is 11.2. The lowest BCUT2D eigenvalue weighted by Crippen LogP contribution is -2.43. The van der Waals surface area contributed by atoms with Gasteiger partial charge in [0.15, 0.2) is 6.29 Å². The highest BCUT2D eigenvalue weighted by Crippen LogP contribution is 2.46. The summed E-state index contributed by atoms with van der Waals surface area (Å²) in [5.41, 5.74) is 0.984. The SMILES string of the molecule is CC(/C=C/[C@@H]1C[C@]2(CO2)CC(C)(C)O1)=C\CC1OCC(CNC(=O)/C=C\[C@H](C)OC(=O)C(C)C)CO1. The van der Waals surface area contributed by atoms with Crippen LogP contribution in [0.4, 0.5) is 0 Å². The van der Waals surface area contributed by atoms with E-state index in [1.54, 1.807) is 26.8 Å². The Labute approximate surface area is 215 Å². The Bertz CT molecular complexity index is 842. The van der Waals surface area contributed by atoms with E-state index in [1.165, 1.54) is 6.08 Å². The fourth-order valence-electron chi connectivity index (χ4n) is 4.47. The number of allylic oxidation sites excluding steroid dienone is 2. The molecule has 1 spiro atoms. The quantitative estimate of drug-likeness (QED) is 0.208. The molecule has 3 fully saturated rings. The monoisotopic (exact) mass is 505 g/mol. The molecule has 202 valence electrons. The molecule has 0 bridgehead atoms. The number of epoxide rings is 1. The Kier molecular flexibility index (Phi) is 9.92. The number of rotatable bonds is 10. The molecule has 3 aliphatic heterocycles. The smallest absolute Gasteiger partial charge is 0.308 e. The van der Waals surface area contributed by atoms with Gasteiger partial charge >= 0.3 is 5.97 Å². The molecule has 0 aromatic carbocycles. The Morgan fingerprint density at radius 3 is 2.47 bits per heavy atom.